The molecular weight excluding hydrogens is 274 g/mol. The van der Waals surface area contributed by atoms with Gasteiger partial charge in [0.2, 0.25) is 5.91 Å². The molecule has 112 valence electrons. The molecule has 1 aliphatic heterocycles. The van der Waals surface area contributed by atoms with Crippen LogP contribution in [0.15, 0.2) is 30.3 Å². The first-order valence-electron chi connectivity index (χ1n) is 6.58. The first-order chi connectivity index (χ1) is 10.1. The topological polar surface area (TPSA) is 81.7 Å². The zero-order valence-corrected chi connectivity index (χ0v) is 11.9. The molecule has 1 fully saturated rings. The number of benzene rings is 1. The molecule has 2 rings (SSSR count). The summed E-state index contributed by atoms with van der Waals surface area (Å²) in [5, 5.41) is 2.61. The number of hydrogen-bond acceptors (Lipinski definition) is 5. The number of esters is 2. The van der Waals surface area contributed by atoms with Gasteiger partial charge in [-0.1, -0.05) is 30.3 Å². The van der Waals surface area contributed by atoms with Crippen LogP contribution in [0.5, 0.6) is 0 Å². The molecule has 3 atom stereocenters. The predicted molar refractivity (Wildman–Crippen MR) is 73.3 cm³/mol. The standard InChI is InChI=1S/C15H17NO5/c1-20-11(17)8-10-12(9-6-4-3-5-7-9)14(18)16-13(10)15(19)21-2/h3-7,10,12-13H,8H2,1-2H3,(H,16,18)/t10-,12-,13-/m0/s1. The molecule has 21 heavy (non-hydrogen) atoms. The molecule has 0 spiro atoms. The van der Waals surface area contributed by atoms with E-state index in [2.05, 4.69) is 10.1 Å². The van der Waals surface area contributed by atoms with Crippen molar-refractivity contribution < 1.29 is 23.9 Å². The summed E-state index contributed by atoms with van der Waals surface area (Å²) in [5.74, 6) is -2.42. The summed E-state index contributed by atoms with van der Waals surface area (Å²) < 4.78 is 9.37. The van der Waals surface area contributed by atoms with E-state index < -0.39 is 29.8 Å². The van der Waals surface area contributed by atoms with Crippen molar-refractivity contribution in [2.45, 2.75) is 18.4 Å². The molecule has 0 aliphatic carbocycles. The van der Waals surface area contributed by atoms with Crippen molar-refractivity contribution in [2.24, 2.45) is 5.92 Å². The van der Waals surface area contributed by atoms with Crippen LogP contribution in [0.2, 0.25) is 0 Å². The number of ether oxygens (including phenoxy) is 2. The minimum absolute atomic E-state index is 0.0332. The summed E-state index contributed by atoms with van der Waals surface area (Å²) in [6, 6.07) is 8.21. The molecule has 0 bridgehead atoms. The van der Waals surface area contributed by atoms with Crippen LogP contribution in [-0.2, 0) is 23.9 Å². The largest absolute Gasteiger partial charge is 0.469 e. The average molecular weight is 291 g/mol. The van der Waals surface area contributed by atoms with Crippen molar-refractivity contribution in [3.63, 3.8) is 0 Å². The summed E-state index contributed by atoms with van der Waals surface area (Å²) in [5.41, 5.74) is 0.760. The highest BCUT2D eigenvalue weighted by Gasteiger charge is 2.47. The van der Waals surface area contributed by atoms with E-state index in [1.807, 2.05) is 18.2 Å². The van der Waals surface area contributed by atoms with Gasteiger partial charge < -0.3 is 14.8 Å². The van der Waals surface area contributed by atoms with E-state index in [0.717, 1.165) is 5.56 Å². The fourth-order valence-electron chi connectivity index (χ4n) is 2.67. The Bertz CT molecular complexity index is 542. The summed E-state index contributed by atoms with van der Waals surface area (Å²) in [6.45, 7) is 0. The Morgan fingerprint density at radius 1 is 1.14 bits per heavy atom. The minimum Gasteiger partial charge on any atom is -0.469 e. The second kappa shape index (κ2) is 6.39. The third-order valence-electron chi connectivity index (χ3n) is 3.68. The minimum atomic E-state index is -0.841. The predicted octanol–water partition coefficient (Wildman–Crippen LogP) is 0.621. The van der Waals surface area contributed by atoms with Gasteiger partial charge in [-0.2, -0.15) is 0 Å². The quantitative estimate of drug-likeness (QED) is 0.822. The molecule has 1 aliphatic rings. The lowest BCUT2D eigenvalue weighted by Gasteiger charge is -2.20. The van der Waals surface area contributed by atoms with Gasteiger partial charge in [0.05, 0.1) is 26.6 Å². The molecule has 1 N–H and O–H groups in total. The number of carbonyl (C=O) groups excluding carboxylic acids is 3. The monoisotopic (exact) mass is 291 g/mol. The number of amides is 1. The summed E-state index contributed by atoms with van der Waals surface area (Å²) in [6.07, 6.45) is -0.0332. The lowest BCUT2D eigenvalue weighted by molar-refractivity contribution is -0.146. The molecule has 1 heterocycles. The molecular formula is C15H17NO5. The Morgan fingerprint density at radius 3 is 2.38 bits per heavy atom. The van der Waals surface area contributed by atoms with Crippen molar-refractivity contribution in [1.29, 1.82) is 0 Å². The van der Waals surface area contributed by atoms with E-state index in [1.165, 1.54) is 14.2 Å². The van der Waals surface area contributed by atoms with Crippen LogP contribution >= 0.6 is 0 Å². The van der Waals surface area contributed by atoms with E-state index in [1.54, 1.807) is 12.1 Å². The third-order valence-corrected chi connectivity index (χ3v) is 3.68. The van der Waals surface area contributed by atoms with Crippen LogP contribution in [0.1, 0.15) is 17.9 Å². The van der Waals surface area contributed by atoms with Crippen LogP contribution in [0.4, 0.5) is 0 Å². The zero-order valence-electron chi connectivity index (χ0n) is 11.9. The van der Waals surface area contributed by atoms with Gasteiger partial charge in [-0.15, -0.1) is 0 Å². The van der Waals surface area contributed by atoms with Gasteiger partial charge in [-0.05, 0) is 5.56 Å². The summed E-state index contributed by atoms with van der Waals surface area (Å²) >= 11 is 0. The Balaban J connectivity index is 2.34. The Morgan fingerprint density at radius 2 is 1.81 bits per heavy atom. The van der Waals surface area contributed by atoms with E-state index in [4.69, 9.17) is 4.74 Å². The lowest BCUT2D eigenvalue weighted by Crippen LogP contribution is -2.38. The fourth-order valence-corrected chi connectivity index (χ4v) is 2.67. The van der Waals surface area contributed by atoms with Gasteiger partial charge in [-0.3, -0.25) is 9.59 Å². The average Bonchev–Trinajstić information content (AvgIpc) is 2.83. The van der Waals surface area contributed by atoms with Gasteiger partial charge in [0.15, 0.2) is 0 Å². The maximum absolute atomic E-state index is 12.2. The van der Waals surface area contributed by atoms with Crippen molar-refractivity contribution in [3.8, 4) is 0 Å². The van der Waals surface area contributed by atoms with Gasteiger partial charge in [0, 0.05) is 5.92 Å². The van der Waals surface area contributed by atoms with E-state index in [-0.39, 0.29) is 12.3 Å². The molecule has 1 aromatic rings. The molecule has 6 heteroatoms. The summed E-state index contributed by atoms with van der Waals surface area (Å²) in [7, 11) is 2.52. The van der Waals surface area contributed by atoms with Crippen molar-refractivity contribution in [3.05, 3.63) is 35.9 Å². The maximum atomic E-state index is 12.2. The van der Waals surface area contributed by atoms with Crippen molar-refractivity contribution >= 4 is 17.8 Å². The first kappa shape index (κ1) is 15.0. The van der Waals surface area contributed by atoms with Crippen LogP contribution in [0, 0.1) is 5.92 Å². The zero-order chi connectivity index (χ0) is 15.4. The maximum Gasteiger partial charge on any atom is 0.328 e. The second-order valence-corrected chi connectivity index (χ2v) is 4.84. The van der Waals surface area contributed by atoms with Crippen LogP contribution in [-0.4, -0.2) is 38.1 Å². The Kier molecular flexibility index (Phi) is 4.57. The number of methoxy groups -OCH3 is 2. The van der Waals surface area contributed by atoms with Gasteiger partial charge >= 0.3 is 11.9 Å². The molecule has 0 aromatic heterocycles. The number of nitrogens with one attached hydrogen (secondary N) is 1. The third kappa shape index (κ3) is 3.04. The molecule has 0 unspecified atom stereocenters. The van der Waals surface area contributed by atoms with Gasteiger partial charge in [0.1, 0.15) is 6.04 Å². The number of rotatable bonds is 4. The Hall–Kier alpha value is -2.37. The number of hydrogen-bond donors (Lipinski definition) is 1. The van der Waals surface area contributed by atoms with Gasteiger partial charge in [0.25, 0.3) is 0 Å². The molecule has 0 radical (unpaired) electrons. The smallest absolute Gasteiger partial charge is 0.328 e. The summed E-state index contributed by atoms with van der Waals surface area (Å²) in [4.78, 5) is 35.6. The highest BCUT2D eigenvalue weighted by Crippen LogP contribution is 2.35. The highest BCUT2D eigenvalue weighted by molar-refractivity contribution is 5.94. The van der Waals surface area contributed by atoms with Crippen LogP contribution in [0.3, 0.4) is 0 Å². The molecule has 0 saturated carbocycles. The molecule has 1 aromatic carbocycles. The van der Waals surface area contributed by atoms with Crippen LogP contribution < -0.4 is 5.32 Å². The highest BCUT2D eigenvalue weighted by atomic mass is 16.5. The van der Waals surface area contributed by atoms with E-state index >= 15 is 0 Å². The molecule has 1 amide bonds. The lowest BCUT2D eigenvalue weighted by atomic mass is 9.82. The van der Waals surface area contributed by atoms with E-state index in [9.17, 15) is 14.4 Å². The number of carbonyl (C=O) groups is 3. The SMILES string of the molecule is COC(=O)C[C@@H]1[C@@H](C(=O)OC)NC(=O)[C@H]1c1ccccc1. The molecule has 6 nitrogen and oxygen atoms in total. The second-order valence-electron chi connectivity index (χ2n) is 4.84. The van der Waals surface area contributed by atoms with Crippen molar-refractivity contribution in [2.75, 3.05) is 14.2 Å². The van der Waals surface area contributed by atoms with Crippen LogP contribution in [0.25, 0.3) is 0 Å². The normalized spacial score (nSPS) is 24.3. The fraction of sp³-hybridized carbons (Fsp3) is 0.400. The van der Waals surface area contributed by atoms with E-state index in [0.29, 0.717) is 0 Å². The molecule has 1 saturated heterocycles. The first-order valence-corrected chi connectivity index (χ1v) is 6.58. The van der Waals surface area contributed by atoms with Gasteiger partial charge in [-0.25, -0.2) is 4.79 Å². The van der Waals surface area contributed by atoms with Crippen molar-refractivity contribution in [1.82, 2.24) is 5.32 Å². The Labute approximate surface area is 122 Å².